The van der Waals surface area contributed by atoms with Gasteiger partial charge in [0.05, 0.1) is 0 Å². The molecule has 0 aromatic heterocycles. The van der Waals surface area contributed by atoms with Crippen molar-refractivity contribution in [2.24, 2.45) is 11.7 Å². The topological polar surface area (TPSA) is 29.3 Å². The predicted molar refractivity (Wildman–Crippen MR) is 57.7 cm³/mol. The average Bonchev–Trinajstić information content (AvgIpc) is 2.34. The largest absolute Gasteiger partial charge is 0.327 e. The Kier molecular flexibility index (Phi) is 3.36. The Balaban J connectivity index is 2.40. The van der Waals surface area contributed by atoms with Gasteiger partial charge in [-0.05, 0) is 46.6 Å². The standard InChI is InChI=1S/C11H24N2/c1-11(2,3)13(4)8-9-6-5-7-10(9)12/h9-10H,5-8,12H2,1-4H3/t9-,10-/m0/s1. The van der Waals surface area contributed by atoms with Crippen LogP contribution in [0.15, 0.2) is 0 Å². The van der Waals surface area contributed by atoms with Gasteiger partial charge in [-0.25, -0.2) is 0 Å². The van der Waals surface area contributed by atoms with Crippen LogP contribution in [-0.4, -0.2) is 30.1 Å². The first kappa shape index (κ1) is 11.0. The van der Waals surface area contributed by atoms with Gasteiger partial charge in [-0.1, -0.05) is 6.42 Å². The van der Waals surface area contributed by atoms with Gasteiger partial charge in [-0.3, -0.25) is 0 Å². The summed E-state index contributed by atoms with van der Waals surface area (Å²) in [6, 6.07) is 0.449. The van der Waals surface area contributed by atoms with Crippen molar-refractivity contribution in [1.82, 2.24) is 4.90 Å². The molecule has 0 heterocycles. The Hall–Kier alpha value is -0.0800. The van der Waals surface area contributed by atoms with E-state index in [0.29, 0.717) is 6.04 Å². The molecule has 2 nitrogen and oxygen atoms in total. The third kappa shape index (κ3) is 2.96. The molecule has 1 saturated carbocycles. The fourth-order valence-corrected chi connectivity index (χ4v) is 1.92. The molecule has 13 heavy (non-hydrogen) atoms. The molecule has 1 rings (SSSR count). The zero-order chi connectivity index (χ0) is 10.1. The first-order chi connectivity index (χ1) is 5.91. The fraction of sp³-hybridized carbons (Fsp3) is 1.00. The van der Waals surface area contributed by atoms with E-state index in [1.807, 2.05) is 0 Å². The number of hydrogen-bond donors (Lipinski definition) is 1. The zero-order valence-corrected chi connectivity index (χ0v) is 9.51. The van der Waals surface area contributed by atoms with Crippen molar-refractivity contribution in [2.45, 2.75) is 51.6 Å². The van der Waals surface area contributed by atoms with Crippen molar-refractivity contribution < 1.29 is 0 Å². The second kappa shape index (κ2) is 3.97. The Morgan fingerprint density at radius 3 is 2.31 bits per heavy atom. The van der Waals surface area contributed by atoms with Gasteiger partial charge in [-0.2, -0.15) is 0 Å². The Morgan fingerprint density at radius 2 is 1.92 bits per heavy atom. The third-order valence-electron chi connectivity index (χ3n) is 3.37. The maximum atomic E-state index is 6.04. The van der Waals surface area contributed by atoms with Crippen molar-refractivity contribution in [3.8, 4) is 0 Å². The SMILES string of the molecule is CN(C[C@@H]1CCC[C@@H]1N)C(C)(C)C. The van der Waals surface area contributed by atoms with Gasteiger partial charge < -0.3 is 10.6 Å². The molecule has 0 aliphatic heterocycles. The summed E-state index contributed by atoms with van der Waals surface area (Å²) in [5.74, 6) is 0.726. The monoisotopic (exact) mass is 184 g/mol. The van der Waals surface area contributed by atoms with Crippen molar-refractivity contribution in [1.29, 1.82) is 0 Å². The fourth-order valence-electron chi connectivity index (χ4n) is 1.92. The summed E-state index contributed by atoms with van der Waals surface area (Å²) in [5.41, 5.74) is 6.32. The highest BCUT2D eigenvalue weighted by atomic mass is 15.2. The summed E-state index contributed by atoms with van der Waals surface area (Å²) in [4.78, 5) is 2.42. The van der Waals surface area contributed by atoms with E-state index in [9.17, 15) is 0 Å². The van der Waals surface area contributed by atoms with Gasteiger partial charge >= 0.3 is 0 Å². The molecule has 2 heteroatoms. The van der Waals surface area contributed by atoms with Crippen LogP contribution in [-0.2, 0) is 0 Å². The summed E-state index contributed by atoms with van der Waals surface area (Å²) in [7, 11) is 2.20. The van der Waals surface area contributed by atoms with Gasteiger partial charge in [-0.15, -0.1) is 0 Å². The molecule has 78 valence electrons. The lowest BCUT2D eigenvalue weighted by Gasteiger charge is -2.34. The molecule has 0 radical (unpaired) electrons. The lowest BCUT2D eigenvalue weighted by molar-refractivity contribution is 0.145. The lowest BCUT2D eigenvalue weighted by Crippen LogP contribution is -2.43. The van der Waals surface area contributed by atoms with E-state index in [1.54, 1.807) is 0 Å². The molecular formula is C11H24N2. The van der Waals surface area contributed by atoms with Crippen LogP contribution in [0.5, 0.6) is 0 Å². The van der Waals surface area contributed by atoms with E-state index in [2.05, 4.69) is 32.7 Å². The minimum atomic E-state index is 0.280. The van der Waals surface area contributed by atoms with Crippen molar-refractivity contribution in [3.05, 3.63) is 0 Å². The minimum absolute atomic E-state index is 0.280. The average molecular weight is 184 g/mol. The van der Waals surface area contributed by atoms with Crippen LogP contribution < -0.4 is 5.73 Å². The zero-order valence-electron chi connectivity index (χ0n) is 9.51. The molecule has 1 aliphatic rings. The van der Waals surface area contributed by atoms with E-state index in [4.69, 9.17) is 5.73 Å². The van der Waals surface area contributed by atoms with Crippen molar-refractivity contribution in [3.63, 3.8) is 0 Å². The number of rotatable bonds is 2. The van der Waals surface area contributed by atoms with Crippen LogP contribution in [0.3, 0.4) is 0 Å². The summed E-state index contributed by atoms with van der Waals surface area (Å²) < 4.78 is 0. The molecule has 0 saturated heterocycles. The van der Waals surface area contributed by atoms with E-state index < -0.39 is 0 Å². The van der Waals surface area contributed by atoms with Crippen LogP contribution in [0.25, 0.3) is 0 Å². The first-order valence-corrected chi connectivity index (χ1v) is 5.38. The molecule has 1 fully saturated rings. The van der Waals surface area contributed by atoms with Gasteiger partial charge in [0.25, 0.3) is 0 Å². The maximum Gasteiger partial charge on any atom is 0.0122 e. The summed E-state index contributed by atoms with van der Waals surface area (Å²) in [6.45, 7) is 7.93. The van der Waals surface area contributed by atoms with E-state index >= 15 is 0 Å². The molecule has 1 aliphatic carbocycles. The highest BCUT2D eigenvalue weighted by Gasteiger charge is 2.27. The highest BCUT2D eigenvalue weighted by molar-refractivity contribution is 4.84. The van der Waals surface area contributed by atoms with Gasteiger partial charge in [0.1, 0.15) is 0 Å². The Bertz CT molecular complexity index is 160. The molecule has 2 N–H and O–H groups in total. The number of nitrogens with zero attached hydrogens (tertiary/aromatic N) is 1. The molecular weight excluding hydrogens is 160 g/mol. The highest BCUT2D eigenvalue weighted by Crippen LogP contribution is 2.26. The second-order valence-electron chi connectivity index (χ2n) is 5.41. The Morgan fingerprint density at radius 1 is 1.31 bits per heavy atom. The quantitative estimate of drug-likeness (QED) is 0.709. The molecule has 0 spiro atoms. The van der Waals surface area contributed by atoms with Gasteiger partial charge in [0.2, 0.25) is 0 Å². The van der Waals surface area contributed by atoms with Crippen molar-refractivity contribution >= 4 is 0 Å². The summed E-state index contributed by atoms with van der Waals surface area (Å²) >= 11 is 0. The van der Waals surface area contributed by atoms with Gasteiger partial charge in [0.15, 0.2) is 0 Å². The maximum absolute atomic E-state index is 6.04. The Labute approximate surface area is 82.5 Å². The van der Waals surface area contributed by atoms with Crippen LogP contribution in [0.1, 0.15) is 40.0 Å². The first-order valence-electron chi connectivity index (χ1n) is 5.38. The molecule has 0 aromatic rings. The van der Waals surface area contributed by atoms with Crippen LogP contribution in [0.4, 0.5) is 0 Å². The molecule has 2 atom stereocenters. The van der Waals surface area contributed by atoms with E-state index in [1.165, 1.54) is 19.3 Å². The lowest BCUT2D eigenvalue weighted by atomic mass is 10.00. The van der Waals surface area contributed by atoms with E-state index in [0.717, 1.165) is 12.5 Å². The van der Waals surface area contributed by atoms with Crippen LogP contribution >= 0.6 is 0 Å². The number of hydrogen-bond acceptors (Lipinski definition) is 2. The van der Waals surface area contributed by atoms with Crippen LogP contribution in [0, 0.1) is 5.92 Å². The summed E-state index contributed by atoms with van der Waals surface area (Å²) in [6.07, 6.45) is 3.87. The molecule has 0 aromatic carbocycles. The normalized spacial score (nSPS) is 30.0. The van der Waals surface area contributed by atoms with E-state index in [-0.39, 0.29) is 5.54 Å². The molecule has 0 bridgehead atoms. The number of nitrogens with two attached hydrogens (primary N) is 1. The smallest absolute Gasteiger partial charge is 0.0122 e. The third-order valence-corrected chi connectivity index (χ3v) is 3.37. The van der Waals surface area contributed by atoms with Crippen LogP contribution in [0.2, 0.25) is 0 Å². The predicted octanol–water partition coefficient (Wildman–Crippen LogP) is 1.84. The van der Waals surface area contributed by atoms with Crippen molar-refractivity contribution in [2.75, 3.05) is 13.6 Å². The molecule has 0 amide bonds. The summed E-state index contributed by atoms with van der Waals surface area (Å²) in [5, 5.41) is 0. The second-order valence-corrected chi connectivity index (χ2v) is 5.41. The molecule has 0 unspecified atom stereocenters. The minimum Gasteiger partial charge on any atom is -0.327 e. The van der Waals surface area contributed by atoms with Gasteiger partial charge in [0, 0.05) is 18.1 Å².